The van der Waals surface area contributed by atoms with Gasteiger partial charge in [0.1, 0.15) is 24.1 Å². The van der Waals surface area contributed by atoms with E-state index in [1.54, 1.807) is 27.7 Å². The lowest BCUT2D eigenvalue weighted by atomic mass is 9.78. The molecule has 19 unspecified atom stereocenters. The molecule has 4 aliphatic heterocycles. The van der Waals surface area contributed by atoms with Crippen LogP contribution in [-0.2, 0) is 42.8 Å². The minimum atomic E-state index is -2.04. The van der Waals surface area contributed by atoms with Crippen LogP contribution in [0.4, 0.5) is 5.69 Å². The number of ketones is 1. The molecule has 0 aliphatic carbocycles. The normalized spacial score (nSPS) is 40.0. The number of carbonyl (C=O) groups is 4. The van der Waals surface area contributed by atoms with Gasteiger partial charge >= 0.3 is 5.97 Å². The Morgan fingerprint density at radius 1 is 0.930 bits per heavy atom. The van der Waals surface area contributed by atoms with Crippen LogP contribution in [0.25, 0.3) is 0 Å². The van der Waals surface area contributed by atoms with Crippen molar-refractivity contribution in [2.75, 3.05) is 58.3 Å². The van der Waals surface area contributed by atoms with Crippen LogP contribution in [0.5, 0.6) is 0 Å². The van der Waals surface area contributed by atoms with Crippen LogP contribution in [-0.4, -0.2) is 192 Å². The molecular weight excluding hydrogens is 917 g/mol. The zero-order valence-corrected chi connectivity index (χ0v) is 44.7. The number of aliphatic hydroxyl groups excluding tert-OH is 3. The van der Waals surface area contributed by atoms with E-state index < -0.39 is 102 Å². The van der Waals surface area contributed by atoms with Gasteiger partial charge < -0.3 is 68.8 Å². The number of rotatable bonds is 15. The highest BCUT2D eigenvalue weighted by atomic mass is 16.7. The molecule has 1 amide bonds. The van der Waals surface area contributed by atoms with Crippen LogP contribution < -0.4 is 10.2 Å². The second-order valence-corrected chi connectivity index (χ2v) is 22.0. The number of anilines is 1. The highest BCUT2D eigenvalue weighted by Gasteiger charge is 2.53. The molecule has 1 aromatic rings. The van der Waals surface area contributed by atoms with Crippen LogP contribution in [0, 0.1) is 29.6 Å². The van der Waals surface area contributed by atoms with Crippen LogP contribution in [0.2, 0.25) is 0 Å². The molecule has 0 spiro atoms. The van der Waals surface area contributed by atoms with E-state index in [-0.39, 0.29) is 55.6 Å². The number of aldehydes is 1. The van der Waals surface area contributed by atoms with E-state index in [0.29, 0.717) is 24.9 Å². The molecule has 0 saturated carbocycles. The molecule has 71 heavy (non-hydrogen) atoms. The van der Waals surface area contributed by atoms with Gasteiger partial charge in [0.15, 0.2) is 18.4 Å². The van der Waals surface area contributed by atoms with E-state index in [1.165, 1.54) is 13.8 Å². The van der Waals surface area contributed by atoms with Crippen molar-refractivity contribution in [3.8, 4) is 0 Å². The van der Waals surface area contributed by atoms with E-state index >= 15 is 0 Å². The van der Waals surface area contributed by atoms with Gasteiger partial charge in [0.2, 0.25) is 5.91 Å². The number of piperazine rings is 1. The maximum absolute atomic E-state index is 14.6. The number of nitrogens with zero attached hydrogens (tertiary/aromatic N) is 3. The predicted molar refractivity (Wildman–Crippen MR) is 266 cm³/mol. The molecule has 4 fully saturated rings. The first-order valence-corrected chi connectivity index (χ1v) is 26.0. The Kier molecular flexibility index (Phi) is 21.0. The standard InChI is InChI=1S/C53H88N4O14/c1-14-42-53(11,65)47(62)35(7)49(63)54-31(3)27-52(10,66-29-38(19-24-58)28-56-20-22-57(23-21-56)40-17-15-39(16-18-40)36(8)59)48(71-51-45(61)41(55(12)13)26-32(4)67-51)33(5)46(34(6)50(64)69-42)70-43-25-30(2)44(60)37(9)68-43/h15-18,24,30-35,37-38,41-48,51,60-62,65H,14,19-23,25-29H2,1-13H3,(H,54,63). The second kappa shape index (κ2) is 25.4. The number of esters is 1. The van der Waals surface area contributed by atoms with Crippen molar-refractivity contribution in [1.82, 2.24) is 15.1 Å². The fourth-order valence-electron chi connectivity index (χ4n) is 11.3. The van der Waals surface area contributed by atoms with Crippen molar-refractivity contribution < 1.29 is 68.0 Å². The average molecular weight is 1010 g/mol. The predicted octanol–water partition coefficient (Wildman–Crippen LogP) is 3.57. The van der Waals surface area contributed by atoms with Gasteiger partial charge in [0, 0.05) is 80.7 Å². The Labute approximate surface area is 422 Å². The molecule has 1 aromatic carbocycles. The van der Waals surface area contributed by atoms with E-state index in [2.05, 4.69) is 15.1 Å². The minimum absolute atomic E-state index is 0.0115. The lowest BCUT2D eigenvalue weighted by Gasteiger charge is -2.49. The van der Waals surface area contributed by atoms with Gasteiger partial charge in [-0.3, -0.25) is 19.3 Å². The third-order valence-electron chi connectivity index (χ3n) is 15.8. The van der Waals surface area contributed by atoms with Crippen LogP contribution in [0.1, 0.15) is 119 Å². The summed E-state index contributed by atoms with van der Waals surface area (Å²) in [6.45, 7) is 22.4. The summed E-state index contributed by atoms with van der Waals surface area (Å²) in [4.78, 5) is 59.5. The molecule has 404 valence electrons. The van der Waals surface area contributed by atoms with Crippen LogP contribution in [0.15, 0.2) is 24.3 Å². The van der Waals surface area contributed by atoms with Crippen molar-refractivity contribution in [2.45, 2.75) is 193 Å². The number of Topliss-reactive ketones (excluding diaryl/α,β-unsaturated/α-hetero) is 1. The summed E-state index contributed by atoms with van der Waals surface area (Å²) in [5.41, 5.74) is -1.74. The van der Waals surface area contributed by atoms with Crippen molar-refractivity contribution in [2.24, 2.45) is 29.6 Å². The number of amides is 1. The third kappa shape index (κ3) is 14.6. The molecule has 4 saturated heterocycles. The molecule has 4 heterocycles. The molecule has 19 atom stereocenters. The van der Waals surface area contributed by atoms with Gasteiger partial charge in [-0.15, -0.1) is 0 Å². The molecule has 5 N–H and O–H groups in total. The summed E-state index contributed by atoms with van der Waals surface area (Å²) in [5, 5.41) is 49.4. The molecule has 18 heteroatoms. The summed E-state index contributed by atoms with van der Waals surface area (Å²) in [6.07, 6.45) is -7.73. The lowest BCUT2D eigenvalue weighted by molar-refractivity contribution is -0.313. The molecule has 18 nitrogen and oxygen atoms in total. The number of ether oxygens (including phenoxy) is 6. The molecular formula is C53H88N4O14. The SMILES string of the molecule is CCC1OC(=O)C(C)C(OC2CC(C)C(O)C(C)O2)C(C)C(OC2OC(C)CC(N(C)C)C2O)C(C)(OCC(CC=O)CN2CCN(c3ccc(C(C)=O)cc3)CC2)CC(C)NC(=O)C(C)C(O)C1(C)O. The Morgan fingerprint density at radius 3 is 2.15 bits per heavy atom. The Balaban J connectivity index is 1.57. The maximum Gasteiger partial charge on any atom is 0.311 e. The molecule has 0 aromatic heterocycles. The van der Waals surface area contributed by atoms with Gasteiger partial charge in [-0.1, -0.05) is 27.7 Å². The average Bonchev–Trinajstić information content (AvgIpc) is 3.32. The minimum Gasteiger partial charge on any atom is -0.459 e. The van der Waals surface area contributed by atoms with E-state index in [1.807, 2.05) is 77.9 Å². The molecule has 0 radical (unpaired) electrons. The van der Waals surface area contributed by atoms with Crippen molar-refractivity contribution in [3.05, 3.63) is 29.8 Å². The number of aliphatic hydroxyl groups is 4. The van der Waals surface area contributed by atoms with Crippen molar-refractivity contribution in [1.29, 1.82) is 0 Å². The number of likely N-dealkylation sites (N-methyl/N-ethyl adjacent to an activating group) is 1. The Morgan fingerprint density at radius 2 is 1.58 bits per heavy atom. The number of nitrogens with one attached hydrogen (secondary N) is 1. The summed E-state index contributed by atoms with van der Waals surface area (Å²) in [5.74, 6) is -4.79. The maximum atomic E-state index is 14.6. The van der Waals surface area contributed by atoms with Gasteiger partial charge in [-0.25, -0.2) is 0 Å². The summed E-state index contributed by atoms with van der Waals surface area (Å²) >= 11 is 0. The number of hydrogen-bond donors (Lipinski definition) is 5. The van der Waals surface area contributed by atoms with Gasteiger partial charge in [0.25, 0.3) is 0 Å². The van der Waals surface area contributed by atoms with E-state index in [4.69, 9.17) is 28.4 Å². The summed E-state index contributed by atoms with van der Waals surface area (Å²) in [7, 11) is 3.76. The van der Waals surface area contributed by atoms with Gasteiger partial charge in [0.05, 0.1) is 60.7 Å². The fourth-order valence-corrected chi connectivity index (χ4v) is 11.3. The number of benzene rings is 1. The first kappa shape index (κ1) is 58.7. The molecule has 0 bridgehead atoms. The first-order chi connectivity index (χ1) is 33.3. The van der Waals surface area contributed by atoms with Gasteiger partial charge in [-0.05, 0) is 112 Å². The number of hydrogen-bond acceptors (Lipinski definition) is 17. The van der Waals surface area contributed by atoms with E-state index in [9.17, 15) is 39.6 Å². The van der Waals surface area contributed by atoms with Crippen molar-refractivity contribution >= 4 is 29.6 Å². The zero-order valence-electron chi connectivity index (χ0n) is 44.7. The zero-order chi connectivity index (χ0) is 52.7. The van der Waals surface area contributed by atoms with E-state index in [0.717, 1.165) is 38.2 Å². The van der Waals surface area contributed by atoms with Crippen molar-refractivity contribution in [3.63, 3.8) is 0 Å². The number of carbonyl (C=O) groups excluding carboxylic acids is 4. The monoisotopic (exact) mass is 1000 g/mol. The lowest BCUT2D eigenvalue weighted by Crippen LogP contribution is -2.61. The quantitative estimate of drug-likeness (QED) is 0.0962. The van der Waals surface area contributed by atoms with Crippen LogP contribution in [0.3, 0.4) is 0 Å². The highest BCUT2D eigenvalue weighted by Crippen LogP contribution is 2.40. The second-order valence-electron chi connectivity index (χ2n) is 22.0. The topological polar surface area (TPSA) is 226 Å². The van der Waals surface area contributed by atoms with Crippen LogP contribution >= 0.6 is 0 Å². The molecule has 5 rings (SSSR count). The smallest absolute Gasteiger partial charge is 0.311 e. The summed E-state index contributed by atoms with van der Waals surface area (Å²) < 4.78 is 40.0. The Hall–Kier alpha value is -3.14. The van der Waals surface area contributed by atoms with Gasteiger partial charge in [-0.2, -0.15) is 0 Å². The fraction of sp³-hybridized carbons (Fsp3) is 0.811. The summed E-state index contributed by atoms with van der Waals surface area (Å²) in [6, 6.07) is 6.62. The highest BCUT2D eigenvalue weighted by molar-refractivity contribution is 5.94. The number of cyclic esters (lactones) is 1. The first-order valence-electron chi connectivity index (χ1n) is 26.0. The Bertz CT molecular complexity index is 1870. The largest absolute Gasteiger partial charge is 0.459 e. The molecule has 4 aliphatic rings. The third-order valence-corrected chi connectivity index (χ3v) is 15.8.